The van der Waals surface area contributed by atoms with Crippen LogP contribution in [0.1, 0.15) is 22.3 Å². The van der Waals surface area contributed by atoms with E-state index >= 15 is 0 Å². The van der Waals surface area contributed by atoms with Crippen LogP contribution in [0.5, 0.6) is 0 Å². The fourth-order valence-corrected chi connectivity index (χ4v) is 2.89. The first-order chi connectivity index (χ1) is 11.1. The zero-order valence-electron chi connectivity index (χ0n) is 13.7. The van der Waals surface area contributed by atoms with Gasteiger partial charge in [-0.15, -0.1) is 6.42 Å². The third-order valence-electron chi connectivity index (χ3n) is 4.18. The van der Waals surface area contributed by atoms with Crippen molar-refractivity contribution in [2.45, 2.75) is 20.8 Å². The van der Waals surface area contributed by atoms with Crippen LogP contribution >= 0.6 is 0 Å². The maximum absolute atomic E-state index is 5.77. The van der Waals surface area contributed by atoms with E-state index in [0.717, 1.165) is 33.6 Å². The summed E-state index contributed by atoms with van der Waals surface area (Å²) in [5, 5.41) is 0. The number of hydrogen-bond acceptors (Lipinski definition) is 1. The van der Waals surface area contributed by atoms with E-state index in [2.05, 4.69) is 57.0 Å². The zero-order valence-corrected chi connectivity index (χ0v) is 13.7. The average Bonchev–Trinajstić information content (AvgIpc) is 2.55. The smallest absolute Gasteiger partial charge is 0.0871 e. The highest BCUT2D eigenvalue weighted by Gasteiger charge is 2.14. The van der Waals surface area contributed by atoms with Crippen LogP contribution < -0.4 is 0 Å². The number of aryl methyl sites for hydroxylation is 3. The van der Waals surface area contributed by atoms with Crippen molar-refractivity contribution in [1.29, 1.82) is 0 Å². The van der Waals surface area contributed by atoms with Crippen LogP contribution in [-0.4, -0.2) is 4.98 Å². The molecule has 1 aromatic heterocycles. The van der Waals surface area contributed by atoms with Crippen molar-refractivity contribution in [3.8, 4) is 34.9 Å². The van der Waals surface area contributed by atoms with Crippen LogP contribution in [0.4, 0.5) is 0 Å². The third kappa shape index (κ3) is 2.76. The highest BCUT2D eigenvalue weighted by Crippen LogP contribution is 2.31. The quantitative estimate of drug-likeness (QED) is 0.583. The molecule has 112 valence electrons. The first kappa shape index (κ1) is 15.1. The molecule has 0 atom stereocenters. The van der Waals surface area contributed by atoms with Crippen molar-refractivity contribution < 1.29 is 0 Å². The Kier molecular flexibility index (Phi) is 4.00. The molecular weight excluding hydrogens is 278 g/mol. The van der Waals surface area contributed by atoms with E-state index < -0.39 is 0 Å². The minimum atomic E-state index is 0.872. The second-order valence-corrected chi connectivity index (χ2v) is 5.82. The van der Waals surface area contributed by atoms with Crippen molar-refractivity contribution >= 4 is 0 Å². The van der Waals surface area contributed by atoms with Crippen LogP contribution in [0, 0.1) is 33.1 Å². The summed E-state index contributed by atoms with van der Waals surface area (Å²) >= 11 is 0. The summed E-state index contributed by atoms with van der Waals surface area (Å²) < 4.78 is 0. The van der Waals surface area contributed by atoms with Gasteiger partial charge >= 0.3 is 0 Å². The highest BCUT2D eigenvalue weighted by atomic mass is 14.7. The van der Waals surface area contributed by atoms with Gasteiger partial charge in [-0.3, -0.25) is 0 Å². The zero-order chi connectivity index (χ0) is 16.4. The summed E-state index contributed by atoms with van der Waals surface area (Å²) in [7, 11) is 0. The number of benzene rings is 2. The molecule has 0 amide bonds. The van der Waals surface area contributed by atoms with Crippen LogP contribution in [0.2, 0.25) is 0 Å². The minimum Gasteiger partial charge on any atom is -0.246 e. The van der Waals surface area contributed by atoms with Crippen LogP contribution in [-0.2, 0) is 0 Å². The maximum atomic E-state index is 5.77. The third-order valence-corrected chi connectivity index (χ3v) is 4.18. The molecule has 0 bridgehead atoms. The Morgan fingerprint density at radius 3 is 1.91 bits per heavy atom. The minimum absolute atomic E-state index is 0.872. The molecule has 0 aliphatic heterocycles. The van der Waals surface area contributed by atoms with E-state index in [1.807, 2.05) is 24.3 Å². The Bertz CT molecular complexity index is 913. The number of hydrogen-bond donors (Lipinski definition) is 0. The Balaban J connectivity index is 2.30. The summed E-state index contributed by atoms with van der Waals surface area (Å²) in [5.41, 5.74) is 8.45. The first-order valence-electron chi connectivity index (χ1n) is 7.72. The van der Waals surface area contributed by atoms with E-state index in [1.54, 1.807) is 0 Å². The Labute approximate surface area is 138 Å². The fraction of sp³-hybridized carbons (Fsp3) is 0.136. The fourth-order valence-electron chi connectivity index (χ4n) is 2.89. The number of pyridine rings is 1. The van der Waals surface area contributed by atoms with Gasteiger partial charge in [0, 0.05) is 11.1 Å². The van der Waals surface area contributed by atoms with Crippen LogP contribution in [0.15, 0.2) is 54.6 Å². The van der Waals surface area contributed by atoms with Crippen LogP contribution in [0.25, 0.3) is 22.5 Å². The lowest BCUT2D eigenvalue weighted by Gasteiger charge is -2.14. The average molecular weight is 297 g/mol. The van der Waals surface area contributed by atoms with Gasteiger partial charge in [0.25, 0.3) is 0 Å². The molecular formula is C22H19N. The Morgan fingerprint density at radius 2 is 1.35 bits per heavy atom. The molecule has 0 aliphatic rings. The van der Waals surface area contributed by atoms with Gasteiger partial charge in [-0.05, 0) is 43.5 Å². The number of nitrogens with zero attached hydrogens (tertiary/aromatic N) is 1. The van der Waals surface area contributed by atoms with Gasteiger partial charge in [0.15, 0.2) is 0 Å². The maximum Gasteiger partial charge on any atom is 0.0871 e. The van der Waals surface area contributed by atoms with Gasteiger partial charge in [-0.2, -0.15) is 0 Å². The van der Waals surface area contributed by atoms with Crippen molar-refractivity contribution in [3.63, 3.8) is 0 Å². The van der Waals surface area contributed by atoms with Gasteiger partial charge in [0.2, 0.25) is 0 Å². The first-order valence-corrected chi connectivity index (χ1v) is 7.72. The molecule has 0 radical (unpaired) electrons. The lowest BCUT2D eigenvalue weighted by molar-refractivity contribution is 1.25. The van der Waals surface area contributed by atoms with Gasteiger partial charge in [-0.25, -0.2) is 4.98 Å². The Hall–Kier alpha value is -2.85. The van der Waals surface area contributed by atoms with E-state index in [1.165, 1.54) is 11.1 Å². The van der Waals surface area contributed by atoms with E-state index in [-0.39, 0.29) is 0 Å². The Morgan fingerprint density at radius 1 is 0.783 bits per heavy atom. The van der Waals surface area contributed by atoms with Crippen molar-refractivity contribution in [1.82, 2.24) is 4.98 Å². The monoisotopic (exact) mass is 297 g/mol. The second kappa shape index (κ2) is 6.10. The molecule has 23 heavy (non-hydrogen) atoms. The number of rotatable bonds is 2. The summed E-state index contributed by atoms with van der Waals surface area (Å²) in [6, 6.07) is 18.6. The topological polar surface area (TPSA) is 12.9 Å². The molecule has 1 heterocycles. The predicted octanol–water partition coefficient (Wildman–Crippen LogP) is 5.32. The van der Waals surface area contributed by atoms with Gasteiger partial charge in [0.1, 0.15) is 0 Å². The van der Waals surface area contributed by atoms with Gasteiger partial charge in [-0.1, -0.05) is 54.5 Å². The lowest BCUT2D eigenvalue weighted by Crippen LogP contribution is -1.98. The van der Waals surface area contributed by atoms with E-state index in [4.69, 9.17) is 11.4 Å². The predicted molar refractivity (Wildman–Crippen MR) is 97.3 cm³/mol. The SMILES string of the molecule is C#Cc1c(C)cc(-c2ccccc2C)nc1-c1ccccc1C. The summed E-state index contributed by atoms with van der Waals surface area (Å²) in [4.78, 5) is 4.92. The number of aromatic nitrogens is 1. The molecule has 1 nitrogen and oxygen atoms in total. The molecule has 3 rings (SSSR count). The second-order valence-electron chi connectivity index (χ2n) is 5.82. The van der Waals surface area contributed by atoms with Crippen molar-refractivity contribution in [3.05, 3.63) is 76.9 Å². The summed E-state index contributed by atoms with van der Waals surface area (Å²) in [6.07, 6.45) is 5.77. The standard InChI is InChI=1S/C22H19N/c1-5-18-17(4)14-21(19-12-8-6-10-15(19)2)23-22(18)20-13-9-7-11-16(20)3/h1,6-14H,2-4H3. The lowest BCUT2D eigenvalue weighted by atomic mass is 9.96. The molecule has 0 aliphatic carbocycles. The molecule has 0 N–H and O–H groups in total. The molecule has 0 saturated carbocycles. The number of terminal acetylenes is 1. The molecule has 3 aromatic rings. The normalized spacial score (nSPS) is 10.3. The van der Waals surface area contributed by atoms with E-state index in [0.29, 0.717) is 0 Å². The summed E-state index contributed by atoms with van der Waals surface area (Å²) in [6.45, 7) is 6.25. The van der Waals surface area contributed by atoms with Crippen molar-refractivity contribution in [2.75, 3.05) is 0 Å². The molecule has 2 aromatic carbocycles. The molecule has 0 saturated heterocycles. The van der Waals surface area contributed by atoms with E-state index in [9.17, 15) is 0 Å². The molecule has 0 unspecified atom stereocenters. The molecule has 0 fully saturated rings. The van der Waals surface area contributed by atoms with Gasteiger partial charge in [0.05, 0.1) is 17.0 Å². The molecule has 0 spiro atoms. The van der Waals surface area contributed by atoms with Gasteiger partial charge < -0.3 is 0 Å². The highest BCUT2D eigenvalue weighted by molar-refractivity contribution is 5.76. The summed E-state index contributed by atoms with van der Waals surface area (Å²) in [5.74, 6) is 2.82. The largest absolute Gasteiger partial charge is 0.246 e. The van der Waals surface area contributed by atoms with Crippen LogP contribution in [0.3, 0.4) is 0 Å². The van der Waals surface area contributed by atoms with Crippen molar-refractivity contribution in [2.24, 2.45) is 0 Å². The molecule has 1 heteroatoms.